The molecule has 1 aliphatic heterocycles. The maximum absolute atomic E-state index is 12.5. The number of hydrogen-bond acceptors (Lipinski definition) is 5. The summed E-state index contributed by atoms with van der Waals surface area (Å²) >= 11 is 7.74. The summed E-state index contributed by atoms with van der Waals surface area (Å²) in [5.74, 6) is 0. The van der Waals surface area contributed by atoms with Gasteiger partial charge in [-0.1, -0.05) is 54.1 Å². The van der Waals surface area contributed by atoms with Gasteiger partial charge in [0.25, 0.3) is 0 Å². The van der Waals surface area contributed by atoms with Crippen molar-refractivity contribution in [3.63, 3.8) is 0 Å². The van der Waals surface area contributed by atoms with E-state index >= 15 is 0 Å². The van der Waals surface area contributed by atoms with Gasteiger partial charge in [-0.25, -0.2) is 4.79 Å². The summed E-state index contributed by atoms with van der Waals surface area (Å²) in [5, 5.41) is 11.9. The van der Waals surface area contributed by atoms with Crippen LogP contribution in [0.1, 0.15) is 16.7 Å². The van der Waals surface area contributed by atoms with Gasteiger partial charge in [-0.05, 0) is 40.6 Å². The van der Waals surface area contributed by atoms with Gasteiger partial charge in [-0.15, -0.1) is 21.5 Å². The van der Waals surface area contributed by atoms with Crippen molar-refractivity contribution in [1.29, 1.82) is 0 Å². The van der Waals surface area contributed by atoms with Crippen molar-refractivity contribution < 1.29 is 9.53 Å². The predicted molar refractivity (Wildman–Crippen MR) is 119 cm³/mol. The number of benzene rings is 2. The molecule has 0 N–H and O–H groups in total. The largest absolute Gasteiger partial charge is 0.445 e. The molecule has 0 saturated carbocycles. The first kappa shape index (κ1) is 19.0. The summed E-state index contributed by atoms with van der Waals surface area (Å²) in [6.07, 6.45) is 0.495. The summed E-state index contributed by atoms with van der Waals surface area (Å²) in [4.78, 5) is 14.2. The fourth-order valence-corrected chi connectivity index (χ4v) is 4.77. The van der Waals surface area contributed by atoms with Gasteiger partial charge in [-0.3, -0.25) is 0 Å². The zero-order valence-corrected chi connectivity index (χ0v) is 17.6. The summed E-state index contributed by atoms with van der Waals surface area (Å²) in [7, 11) is 0. The Morgan fingerprint density at radius 1 is 1.10 bits per heavy atom. The van der Waals surface area contributed by atoms with E-state index in [0.717, 1.165) is 38.9 Å². The lowest BCUT2D eigenvalue weighted by atomic mass is 9.96. The molecule has 0 aliphatic carbocycles. The summed E-state index contributed by atoms with van der Waals surface area (Å²) in [6.45, 7) is 1.46. The third-order valence-electron chi connectivity index (χ3n) is 5.30. The molecule has 0 unspecified atom stereocenters. The second kappa shape index (κ2) is 8.05. The molecule has 150 valence electrons. The lowest BCUT2D eigenvalue weighted by Crippen LogP contribution is -2.36. The maximum atomic E-state index is 12.5. The third-order valence-corrected chi connectivity index (χ3v) is 6.60. The summed E-state index contributed by atoms with van der Waals surface area (Å²) in [6, 6.07) is 18.0. The Kier molecular flexibility index (Phi) is 5.11. The van der Waals surface area contributed by atoms with Crippen molar-refractivity contribution >= 4 is 39.1 Å². The van der Waals surface area contributed by atoms with Crippen LogP contribution >= 0.6 is 22.9 Å². The molecule has 2 aromatic heterocycles. The Morgan fingerprint density at radius 3 is 2.83 bits per heavy atom. The van der Waals surface area contributed by atoms with E-state index in [9.17, 15) is 4.79 Å². The van der Waals surface area contributed by atoms with Gasteiger partial charge < -0.3 is 9.64 Å². The van der Waals surface area contributed by atoms with Crippen LogP contribution < -0.4 is 0 Å². The Balaban J connectivity index is 1.33. The molecule has 4 aromatic rings. The topological polar surface area (TPSA) is 55.3 Å². The van der Waals surface area contributed by atoms with Crippen LogP contribution in [0.3, 0.4) is 0 Å². The number of hydrogen-bond donors (Lipinski definition) is 0. The zero-order valence-electron chi connectivity index (χ0n) is 16.0. The number of carbonyl (C=O) groups excluding carboxylic acids is 1. The Bertz CT molecular complexity index is 1230. The normalized spacial score (nSPS) is 13.3. The number of amides is 1. The second-order valence-corrected chi connectivity index (χ2v) is 8.47. The van der Waals surface area contributed by atoms with Crippen molar-refractivity contribution in [2.24, 2.45) is 0 Å². The van der Waals surface area contributed by atoms with E-state index < -0.39 is 0 Å². The number of rotatable bonds is 3. The van der Waals surface area contributed by atoms with Crippen LogP contribution in [-0.2, 0) is 24.3 Å². The molecule has 0 fully saturated rings. The highest BCUT2D eigenvalue weighted by Crippen LogP contribution is 2.34. The van der Waals surface area contributed by atoms with Gasteiger partial charge in [0.2, 0.25) is 0 Å². The first-order valence-corrected chi connectivity index (χ1v) is 10.9. The molecule has 0 atom stereocenters. The molecule has 30 heavy (non-hydrogen) atoms. The van der Waals surface area contributed by atoms with Crippen molar-refractivity contribution in [2.45, 2.75) is 19.6 Å². The van der Waals surface area contributed by atoms with Gasteiger partial charge in [0, 0.05) is 24.0 Å². The first-order valence-electron chi connectivity index (χ1n) is 9.66. The van der Waals surface area contributed by atoms with Gasteiger partial charge in [0.1, 0.15) is 12.3 Å². The Hall–Kier alpha value is -2.96. The van der Waals surface area contributed by atoms with Crippen LogP contribution in [0.4, 0.5) is 4.79 Å². The zero-order chi connectivity index (χ0) is 20.5. The molecule has 7 heteroatoms. The third kappa shape index (κ3) is 3.64. The van der Waals surface area contributed by atoms with Crippen molar-refractivity contribution in [3.05, 3.63) is 81.8 Å². The predicted octanol–water partition coefficient (Wildman–Crippen LogP) is 5.71. The van der Waals surface area contributed by atoms with Crippen LogP contribution in [0.2, 0.25) is 5.15 Å². The number of halogens is 1. The SMILES string of the molecule is O=C(OCc1ccccc1)N1CCc2cc(-c3nnc(Cl)c4sccc34)ccc2C1. The van der Waals surface area contributed by atoms with Crippen molar-refractivity contribution in [1.82, 2.24) is 15.1 Å². The molecule has 0 radical (unpaired) electrons. The van der Waals surface area contributed by atoms with Crippen LogP contribution in [0.5, 0.6) is 0 Å². The van der Waals surface area contributed by atoms with Crippen LogP contribution in [0.25, 0.3) is 21.3 Å². The van der Waals surface area contributed by atoms with E-state index in [1.54, 1.807) is 16.2 Å². The van der Waals surface area contributed by atoms with E-state index in [4.69, 9.17) is 16.3 Å². The quantitative estimate of drug-likeness (QED) is 0.413. The minimum atomic E-state index is -0.280. The standard InChI is InChI=1S/C23H18ClN3O2S/c24-22-21-19(9-11-30-21)20(25-26-22)17-6-7-18-13-27(10-8-16(18)12-17)23(28)29-14-15-4-2-1-3-5-15/h1-7,9,11-12H,8,10,13-14H2. The molecule has 5 nitrogen and oxygen atoms in total. The minimum Gasteiger partial charge on any atom is -0.445 e. The molecule has 5 rings (SSSR count). The first-order chi connectivity index (χ1) is 14.7. The van der Waals surface area contributed by atoms with E-state index in [0.29, 0.717) is 18.2 Å². The summed E-state index contributed by atoms with van der Waals surface area (Å²) in [5.41, 5.74) is 5.19. The van der Waals surface area contributed by atoms with Crippen molar-refractivity contribution in [2.75, 3.05) is 6.54 Å². The van der Waals surface area contributed by atoms with E-state index in [-0.39, 0.29) is 12.7 Å². The molecule has 1 aliphatic rings. The smallest absolute Gasteiger partial charge is 0.410 e. The molecule has 3 heterocycles. The average molecular weight is 436 g/mol. The highest BCUT2D eigenvalue weighted by molar-refractivity contribution is 7.17. The number of ether oxygens (including phenoxy) is 1. The fraction of sp³-hybridized carbons (Fsp3) is 0.174. The highest BCUT2D eigenvalue weighted by Gasteiger charge is 2.23. The molecule has 0 saturated heterocycles. The molecule has 0 bridgehead atoms. The molecular formula is C23H18ClN3O2S. The number of thiophene rings is 1. The number of aromatic nitrogens is 2. The van der Waals surface area contributed by atoms with Crippen LogP contribution in [0.15, 0.2) is 60.0 Å². The minimum absolute atomic E-state index is 0.280. The molecule has 2 aromatic carbocycles. The Labute approximate surface area is 182 Å². The molecular weight excluding hydrogens is 418 g/mol. The van der Waals surface area contributed by atoms with E-state index in [1.807, 2.05) is 47.8 Å². The van der Waals surface area contributed by atoms with E-state index in [2.05, 4.69) is 22.3 Å². The average Bonchev–Trinajstić information content (AvgIpc) is 3.29. The van der Waals surface area contributed by atoms with Gasteiger partial charge in [-0.2, -0.15) is 0 Å². The number of carbonyl (C=O) groups is 1. The van der Waals surface area contributed by atoms with Crippen LogP contribution in [0, 0.1) is 0 Å². The Morgan fingerprint density at radius 2 is 1.97 bits per heavy atom. The maximum Gasteiger partial charge on any atom is 0.410 e. The lowest BCUT2D eigenvalue weighted by molar-refractivity contribution is 0.0919. The van der Waals surface area contributed by atoms with Gasteiger partial charge in [0.05, 0.1) is 4.70 Å². The van der Waals surface area contributed by atoms with Gasteiger partial charge >= 0.3 is 6.09 Å². The molecule has 1 amide bonds. The van der Waals surface area contributed by atoms with Gasteiger partial charge in [0.15, 0.2) is 5.15 Å². The second-order valence-electron chi connectivity index (χ2n) is 7.20. The fourth-order valence-electron chi connectivity index (χ4n) is 3.73. The van der Waals surface area contributed by atoms with E-state index in [1.165, 1.54) is 5.56 Å². The molecule has 0 spiro atoms. The lowest BCUT2D eigenvalue weighted by Gasteiger charge is -2.28. The van der Waals surface area contributed by atoms with Crippen LogP contribution in [-0.4, -0.2) is 27.7 Å². The number of nitrogens with zero attached hydrogens (tertiary/aromatic N) is 3. The monoisotopic (exact) mass is 435 g/mol. The van der Waals surface area contributed by atoms with Crippen molar-refractivity contribution in [3.8, 4) is 11.3 Å². The summed E-state index contributed by atoms with van der Waals surface area (Å²) < 4.78 is 6.43. The highest BCUT2D eigenvalue weighted by atomic mass is 35.5. The number of fused-ring (bicyclic) bond motifs is 2.